The Bertz CT molecular complexity index is 474. The number of carbonyl (C=O) groups is 1. The van der Waals surface area contributed by atoms with E-state index in [-0.39, 0.29) is 18.7 Å². The lowest BCUT2D eigenvalue weighted by Gasteiger charge is -2.40. The molecule has 1 aliphatic carbocycles. The number of halogens is 3. The van der Waals surface area contributed by atoms with Crippen molar-refractivity contribution in [2.75, 3.05) is 32.7 Å². The monoisotopic (exact) mass is 374 g/mol. The molecule has 1 saturated carbocycles. The van der Waals surface area contributed by atoms with Crippen LogP contribution in [0.15, 0.2) is 0 Å². The van der Waals surface area contributed by atoms with Crippen molar-refractivity contribution in [3.63, 3.8) is 0 Å². The number of piperidine rings is 2. The van der Waals surface area contributed by atoms with Gasteiger partial charge in [0.15, 0.2) is 0 Å². The van der Waals surface area contributed by atoms with Crippen LogP contribution < -0.4 is 0 Å². The molecule has 2 aliphatic heterocycles. The van der Waals surface area contributed by atoms with E-state index in [0.717, 1.165) is 51.5 Å². The van der Waals surface area contributed by atoms with Gasteiger partial charge in [0.1, 0.15) is 0 Å². The maximum Gasteiger partial charge on any atom is 0.391 e. The van der Waals surface area contributed by atoms with Crippen molar-refractivity contribution in [1.29, 1.82) is 0 Å². The van der Waals surface area contributed by atoms with Crippen LogP contribution in [0.3, 0.4) is 0 Å². The summed E-state index contributed by atoms with van der Waals surface area (Å²) in [5, 5.41) is 0. The first-order valence-corrected chi connectivity index (χ1v) is 10.4. The lowest BCUT2D eigenvalue weighted by Crippen LogP contribution is -2.47. The SMILES string of the molecule is CC1CCN(C[C@@H]2CCCN(C(=O)[C@@H]3CCC[C@H](C(F)(F)F)C3)C2)CC1. The first kappa shape index (κ1) is 20.0. The van der Waals surface area contributed by atoms with Crippen LogP contribution in [0.25, 0.3) is 0 Å². The van der Waals surface area contributed by atoms with Crippen molar-refractivity contribution in [2.45, 2.75) is 64.5 Å². The molecule has 3 fully saturated rings. The summed E-state index contributed by atoms with van der Waals surface area (Å²) in [6, 6.07) is 0. The van der Waals surface area contributed by atoms with Crippen LogP contribution in [0, 0.1) is 23.7 Å². The van der Waals surface area contributed by atoms with Crippen molar-refractivity contribution >= 4 is 5.91 Å². The Hall–Kier alpha value is -0.780. The largest absolute Gasteiger partial charge is 0.391 e. The van der Waals surface area contributed by atoms with Crippen LogP contribution in [0.2, 0.25) is 0 Å². The highest BCUT2D eigenvalue weighted by Crippen LogP contribution is 2.40. The van der Waals surface area contributed by atoms with E-state index in [9.17, 15) is 18.0 Å². The Morgan fingerprint density at radius 2 is 1.73 bits per heavy atom. The third-order valence-corrected chi connectivity index (χ3v) is 6.71. The van der Waals surface area contributed by atoms with Crippen molar-refractivity contribution < 1.29 is 18.0 Å². The smallest absolute Gasteiger partial charge is 0.342 e. The molecule has 150 valence electrons. The van der Waals surface area contributed by atoms with Gasteiger partial charge in [0.05, 0.1) is 5.92 Å². The van der Waals surface area contributed by atoms with Gasteiger partial charge in [-0.15, -0.1) is 0 Å². The van der Waals surface area contributed by atoms with Crippen molar-refractivity contribution in [1.82, 2.24) is 9.80 Å². The quantitative estimate of drug-likeness (QED) is 0.734. The second-order valence-corrected chi connectivity index (χ2v) is 8.88. The standard InChI is InChI=1S/C20H33F3N2O/c1-15-7-10-24(11-8-15)13-16-4-3-9-25(14-16)19(26)17-5-2-6-18(12-17)20(21,22)23/h15-18H,2-14H2,1H3/t16-,17+,18-/m0/s1. The normalized spacial score (nSPS) is 32.6. The molecule has 3 rings (SSSR count). The maximum atomic E-state index is 13.0. The van der Waals surface area contributed by atoms with Gasteiger partial charge < -0.3 is 9.80 Å². The first-order chi connectivity index (χ1) is 12.3. The molecule has 0 spiro atoms. The number of nitrogens with zero attached hydrogens (tertiary/aromatic N) is 2. The Labute approximate surface area is 155 Å². The molecule has 0 bridgehead atoms. The molecule has 3 nitrogen and oxygen atoms in total. The van der Waals surface area contributed by atoms with E-state index in [0.29, 0.717) is 18.8 Å². The molecule has 0 radical (unpaired) electrons. The van der Waals surface area contributed by atoms with E-state index in [2.05, 4.69) is 11.8 Å². The molecular weight excluding hydrogens is 341 g/mol. The van der Waals surface area contributed by atoms with Crippen molar-refractivity contribution in [2.24, 2.45) is 23.7 Å². The minimum atomic E-state index is -4.16. The molecule has 0 aromatic carbocycles. The van der Waals surface area contributed by atoms with E-state index in [4.69, 9.17) is 0 Å². The van der Waals surface area contributed by atoms with E-state index in [1.54, 1.807) is 0 Å². The van der Waals surface area contributed by atoms with E-state index < -0.39 is 18.0 Å². The number of likely N-dealkylation sites (tertiary alicyclic amines) is 2. The predicted octanol–water partition coefficient (Wildman–Crippen LogP) is 4.33. The summed E-state index contributed by atoms with van der Waals surface area (Å²) in [4.78, 5) is 17.2. The second kappa shape index (κ2) is 8.49. The summed E-state index contributed by atoms with van der Waals surface area (Å²) < 4.78 is 39.1. The zero-order valence-electron chi connectivity index (χ0n) is 15.9. The summed E-state index contributed by atoms with van der Waals surface area (Å²) in [6.45, 7) is 7.07. The molecule has 3 aliphatic rings. The number of alkyl halides is 3. The molecule has 1 amide bonds. The molecule has 0 aromatic rings. The lowest BCUT2D eigenvalue weighted by molar-refractivity contribution is -0.187. The third kappa shape index (κ3) is 5.14. The fourth-order valence-electron chi connectivity index (χ4n) is 4.99. The Morgan fingerprint density at radius 1 is 1.00 bits per heavy atom. The van der Waals surface area contributed by atoms with Crippen molar-refractivity contribution in [3.05, 3.63) is 0 Å². The van der Waals surface area contributed by atoms with Crippen LogP contribution in [0.5, 0.6) is 0 Å². The summed E-state index contributed by atoms with van der Waals surface area (Å²) in [6.07, 6.45) is 1.76. The van der Waals surface area contributed by atoms with Gasteiger partial charge >= 0.3 is 6.18 Å². The number of hydrogen-bond donors (Lipinski definition) is 0. The highest BCUT2D eigenvalue weighted by atomic mass is 19.4. The van der Waals surface area contributed by atoms with Gasteiger partial charge in [-0.3, -0.25) is 4.79 Å². The molecule has 26 heavy (non-hydrogen) atoms. The zero-order chi connectivity index (χ0) is 18.7. The predicted molar refractivity (Wildman–Crippen MR) is 95.6 cm³/mol. The number of carbonyl (C=O) groups excluding carboxylic acids is 1. The summed E-state index contributed by atoms with van der Waals surface area (Å²) >= 11 is 0. The Balaban J connectivity index is 1.51. The van der Waals surface area contributed by atoms with E-state index in [1.807, 2.05) is 4.90 Å². The van der Waals surface area contributed by atoms with Gasteiger partial charge in [-0.25, -0.2) is 0 Å². The molecule has 0 N–H and O–H groups in total. The average molecular weight is 374 g/mol. The number of hydrogen-bond acceptors (Lipinski definition) is 2. The molecule has 2 heterocycles. The molecule has 0 aromatic heterocycles. The Kier molecular flexibility index (Phi) is 6.52. The number of amides is 1. The van der Waals surface area contributed by atoms with Crippen LogP contribution in [-0.2, 0) is 4.79 Å². The van der Waals surface area contributed by atoms with Gasteiger partial charge in [0, 0.05) is 25.6 Å². The highest BCUT2D eigenvalue weighted by Gasteiger charge is 2.44. The summed E-state index contributed by atoms with van der Waals surface area (Å²) in [5.41, 5.74) is 0. The van der Waals surface area contributed by atoms with Gasteiger partial charge in [-0.05, 0) is 69.9 Å². The summed E-state index contributed by atoms with van der Waals surface area (Å²) in [7, 11) is 0. The van der Waals surface area contributed by atoms with Crippen LogP contribution in [0.4, 0.5) is 13.2 Å². The fourth-order valence-corrected chi connectivity index (χ4v) is 4.99. The van der Waals surface area contributed by atoms with Crippen LogP contribution in [0.1, 0.15) is 58.3 Å². The fraction of sp³-hybridized carbons (Fsp3) is 0.950. The van der Waals surface area contributed by atoms with E-state index >= 15 is 0 Å². The third-order valence-electron chi connectivity index (χ3n) is 6.71. The summed E-state index contributed by atoms with van der Waals surface area (Å²) in [5.74, 6) is -0.450. The Morgan fingerprint density at radius 3 is 2.42 bits per heavy atom. The van der Waals surface area contributed by atoms with E-state index in [1.165, 1.54) is 12.8 Å². The van der Waals surface area contributed by atoms with Crippen molar-refractivity contribution in [3.8, 4) is 0 Å². The lowest BCUT2D eigenvalue weighted by atomic mass is 9.80. The molecule has 2 saturated heterocycles. The number of rotatable bonds is 3. The van der Waals surface area contributed by atoms with Gasteiger partial charge in [-0.1, -0.05) is 13.3 Å². The molecule has 0 unspecified atom stereocenters. The minimum absolute atomic E-state index is 0.00644. The molecular formula is C20H33F3N2O. The minimum Gasteiger partial charge on any atom is -0.342 e. The highest BCUT2D eigenvalue weighted by molar-refractivity contribution is 5.79. The van der Waals surface area contributed by atoms with Gasteiger partial charge in [-0.2, -0.15) is 13.2 Å². The van der Waals surface area contributed by atoms with Crippen LogP contribution >= 0.6 is 0 Å². The first-order valence-electron chi connectivity index (χ1n) is 10.4. The molecule has 6 heteroatoms. The zero-order valence-corrected chi connectivity index (χ0v) is 15.9. The molecule has 3 atom stereocenters. The van der Waals surface area contributed by atoms with Crippen LogP contribution in [-0.4, -0.2) is 54.6 Å². The second-order valence-electron chi connectivity index (χ2n) is 8.88. The average Bonchev–Trinajstić information content (AvgIpc) is 2.63. The van der Waals surface area contributed by atoms with Gasteiger partial charge in [0.2, 0.25) is 5.91 Å². The maximum absolute atomic E-state index is 13.0. The van der Waals surface area contributed by atoms with Gasteiger partial charge in [0.25, 0.3) is 0 Å². The topological polar surface area (TPSA) is 23.6 Å².